The standard InChI is InChI=1S/C16H22N2O5S2/c1-24(20,21)17-16(19)13-7-9-18(10-8-13)25(22,23)15-6-5-12-3-2-4-14(12)11-15/h5-6,11,13H,2-4,7-10H2,1H3,(H,17,19). The van der Waals surface area contributed by atoms with Crippen LogP contribution >= 0.6 is 0 Å². The highest BCUT2D eigenvalue weighted by Gasteiger charge is 2.33. The summed E-state index contributed by atoms with van der Waals surface area (Å²) >= 11 is 0. The van der Waals surface area contributed by atoms with Gasteiger partial charge in [0, 0.05) is 19.0 Å². The molecule has 1 aromatic carbocycles. The molecule has 0 aromatic heterocycles. The lowest BCUT2D eigenvalue weighted by Gasteiger charge is -2.30. The normalized spacial score (nSPS) is 19.6. The molecule has 1 aromatic rings. The fraction of sp³-hybridized carbons (Fsp3) is 0.562. The zero-order chi connectivity index (χ0) is 18.2. The van der Waals surface area contributed by atoms with Gasteiger partial charge in [-0.2, -0.15) is 4.31 Å². The third-order valence-electron chi connectivity index (χ3n) is 4.82. The van der Waals surface area contributed by atoms with E-state index in [2.05, 4.69) is 0 Å². The largest absolute Gasteiger partial charge is 0.274 e. The lowest BCUT2D eigenvalue weighted by atomic mass is 9.98. The molecular formula is C16H22N2O5S2. The fourth-order valence-corrected chi connectivity index (χ4v) is 5.54. The van der Waals surface area contributed by atoms with Gasteiger partial charge in [-0.05, 0) is 55.4 Å². The molecule has 0 bridgehead atoms. The van der Waals surface area contributed by atoms with Gasteiger partial charge < -0.3 is 0 Å². The van der Waals surface area contributed by atoms with E-state index in [1.807, 2.05) is 10.8 Å². The van der Waals surface area contributed by atoms with E-state index < -0.39 is 31.9 Å². The van der Waals surface area contributed by atoms with E-state index in [4.69, 9.17) is 0 Å². The maximum Gasteiger partial charge on any atom is 0.243 e. The second kappa shape index (κ2) is 6.69. The van der Waals surface area contributed by atoms with E-state index in [0.29, 0.717) is 17.7 Å². The molecular weight excluding hydrogens is 364 g/mol. The van der Waals surface area contributed by atoms with Crippen molar-refractivity contribution >= 4 is 26.0 Å². The minimum atomic E-state index is -3.59. The van der Waals surface area contributed by atoms with Crippen molar-refractivity contribution in [2.24, 2.45) is 5.92 Å². The van der Waals surface area contributed by atoms with Crippen LogP contribution in [0.25, 0.3) is 0 Å². The Kier molecular flexibility index (Phi) is 4.91. The highest BCUT2D eigenvalue weighted by molar-refractivity contribution is 7.89. The highest BCUT2D eigenvalue weighted by atomic mass is 32.2. The van der Waals surface area contributed by atoms with Crippen molar-refractivity contribution in [1.82, 2.24) is 9.03 Å². The van der Waals surface area contributed by atoms with Crippen LogP contribution in [-0.2, 0) is 37.7 Å². The molecule has 0 saturated carbocycles. The lowest BCUT2D eigenvalue weighted by Crippen LogP contribution is -2.44. The first-order valence-electron chi connectivity index (χ1n) is 8.30. The minimum Gasteiger partial charge on any atom is -0.274 e. The third-order valence-corrected chi connectivity index (χ3v) is 7.29. The van der Waals surface area contributed by atoms with Gasteiger partial charge in [-0.3, -0.25) is 9.52 Å². The zero-order valence-corrected chi connectivity index (χ0v) is 15.7. The summed E-state index contributed by atoms with van der Waals surface area (Å²) in [5.41, 5.74) is 2.32. The number of hydrogen-bond acceptors (Lipinski definition) is 5. The van der Waals surface area contributed by atoms with Crippen LogP contribution in [0.1, 0.15) is 30.4 Å². The Balaban J connectivity index is 1.69. The molecule has 1 amide bonds. The van der Waals surface area contributed by atoms with Crippen LogP contribution in [0.5, 0.6) is 0 Å². The van der Waals surface area contributed by atoms with Gasteiger partial charge in [0.15, 0.2) is 0 Å². The van der Waals surface area contributed by atoms with E-state index in [0.717, 1.165) is 31.1 Å². The van der Waals surface area contributed by atoms with E-state index in [-0.39, 0.29) is 13.1 Å². The summed E-state index contributed by atoms with van der Waals surface area (Å²) in [6, 6.07) is 5.31. The predicted octanol–water partition coefficient (Wildman–Crippen LogP) is 0.652. The van der Waals surface area contributed by atoms with Crippen LogP contribution in [0.2, 0.25) is 0 Å². The molecule has 0 atom stereocenters. The number of nitrogens with zero attached hydrogens (tertiary/aromatic N) is 1. The SMILES string of the molecule is CS(=O)(=O)NC(=O)C1CCN(S(=O)(=O)c2ccc3c(c2)CCC3)CC1. The number of piperidine rings is 1. The van der Waals surface area contributed by atoms with E-state index in [1.54, 1.807) is 12.1 Å². The summed E-state index contributed by atoms with van der Waals surface area (Å²) in [5, 5.41) is 0. The molecule has 7 nitrogen and oxygen atoms in total. The number of benzene rings is 1. The van der Waals surface area contributed by atoms with Crippen LogP contribution in [-0.4, -0.2) is 46.4 Å². The second-order valence-corrected chi connectivity index (χ2v) is 10.4. The van der Waals surface area contributed by atoms with Crippen LogP contribution in [0, 0.1) is 5.92 Å². The maximum atomic E-state index is 12.8. The van der Waals surface area contributed by atoms with E-state index in [9.17, 15) is 21.6 Å². The van der Waals surface area contributed by atoms with Crippen molar-refractivity contribution in [3.05, 3.63) is 29.3 Å². The number of hydrogen-bond donors (Lipinski definition) is 1. The Bertz CT molecular complexity index is 885. The monoisotopic (exact) mass is 386 g/mol. The molecule has 1 saturated heterocycles. The molecule has 1 aliphatic carbocycles. The molecule has 0 spiro atoms. The number of rotatable bonds is 4. The summed E-state index contributed by atoms with van der Waals surface area (Å²) in [6.07, 6.45) is 4.51. The Morgan fingerprint density at radius 2 is 1.72 bits per heavy atom. The summed E-state index contributed by atoms with van der Waals surface area (Å²) in [5.74, 6) is -1.04. The molecule has 2 aliphatic rings. The summed E-state index contributed by atoms with van der Waals surface area (Å²) in [6.45, 7) is 0.419. The maximum absolute atomic E-state index is 12.8. The Labute approximate surface area is 148 Å². The number of aryl methyl sites for hydroxylation is 2. The van der Waals surface area contributed by atoms with Gasteiger partial charge in [0.2, 0.25) is 26.0 Å². The highest BCUT2D eigenvalue weighted by Crippen LogP contribution is 2.28. The van der Waals surface area contributed by atoms with Crippen molar-refractivity contribution < 1.29 is 21.6 Å². The first-order valence-corrected chi connectivity index (χ1v) is 11.6. The van der Waals surface area contributed by atoms with Crippen molar-refractivity contribution in [3.8, 4) is 0 Å². The lowest BCUT2D eigenvalue weighted by molar-refractivity contribution is -0.124. The molecule has 1 fully saturated rings. The molecule has 0 unspecified atom stereocenters. The Hall–Kier alpha value is -1.45. The first-order chi connectivity index (χ1) is 11.7. The molecule has 1 aliphatic heterocycles. The summed E-state index contributed by atoms with van der Waals surface area (Å²) in [7, 11) is -7.18. The van der Waals surface area contributed by atoms with Crippen molar-refractivity contribution in [3.63, 3.8) is 0 Å². The summed E-state index contributed by atoms with van der Waals surface area (Å²) in [4.78, 5) is 12.2. The van der Waals surface area contributed by atoms with Crippen molar-refractivity contribution in [2.75, 3.05) is 19.3 Å². The van der Waals surface area contributed by atoms with Gasteiger partial charge in [-0.1, -0.05) is 6.07 Å². The van der Waals surface area contributed by atoms with Gasteiger partial charge in [0.1, 0.15) is 0 Å². The number of carbonyl (C=O) groups is 1. The predicted molar refractivity (Wildman–Crippen MR) is 92.9 cm³/mol. The molecule has 9 heteroatoms. The fourth-order valence-electron chi connectivity index (χ4n) is 3.48. The minimum absolute atomic E-state index is 0.210. The second-order valence-electron chi connectivity index (χ2n) is 6.70. The zero-order valence-electron chi connectivity index (χ0n) is 14.1. The average molecular weight is 386 g/mol. The number of nitrogens with one attached hydrogen (secondary N) is 1. The quantitative estimate of drug-likeness (QED) is 0.819. The van der Waals surface area contributed by atoms with Gasteiger partial charge in [-0.25, -0.2) is 16.8 Å². The number of carbonyl (C=O) groups excluding carboxylic acids is 1. The Morgan fingerprint density at radius 1 is 1.08 bits per heavy atom. The number of fused-ring (bicyclic) bond motifs is 1. The smallest absolute Gasteiger partial charge is 0.243 e. The third kappa shape index (κ3) is 4.04. The van der Waals surface area contributed by atoms with Crippen LogP contribution < -0.4 is 4.72 Å². The molecule has 25 heavy (non-hydrogen) atoms. The van der Waals surface area contributed by atoms with E-state index >= 15 is 0 Å². The van der Waals surface area contributed by atoms with Gasteiger partial charge in [0.25, 0.3) is 0 Å². The molecule has 138 valence electrons. The van der Waals surface area contributed by atoms with Gasteiger partial charge in [0.05, 0.1) is 11.2 Å². The molecule has 3 rings (SSSR count). The summed E-state index contributed by atoms with van der Waals surface area (Å²) < 4.78 is 51.3. The van der Waals surface area contributed by atoms with Crippen LogP contribution in [0.3, 0.4) is 0 Å². The molecule has 1 N–H and O–H groups in total. The molecule has 1 heterocycles. The van der Waals surface area contributed by atoms with Crippen LogP contribution in [0.4, 0.5) is 0 Å². The first kappa shape index (κ1) is 18.3. The van der Waals surface area contributed by atoms with Gasteiger partial charge >= 0.3 is 0 Å². The number of sulfonamides is 2. The van der Waals surface area contributed by atoms with Crippen LogP contribution in [0.15, 0.2) is 23.1 Å². The number of amides is 1. The topological polar surface area (TPSA) is 101 Å². The molecule has 0 radical (unpaired) electrons. The van der Waals surface area contributed by atoms with E-state index in [1.165, 1.54) is 9.87 Å². The Morgan fingerprint density at radius 3 is 2.36 bits per heavy atom. The average Bonchev–Trinajstić information content (AvgIpc) is 3.01. The van der Waals surface area contributed by atoms with Gasteiger partial charge in [-0.15, -0.1) is 0 Å². The van der Waals surface area contributed by atoms with Crippen molar-refractivity contribution in [1.29, 1.82) is 0 Å². The van der Waals surface area contributed by atoms with Crippen molar-refractivity contribution in [2.45, 2.75) is 37.0 Å².